The number of carbonyl (C=O) groups excluding carboxylic acids is 1. The summed E-state index contributed by atoms with van der Waals surface area (Å²) in [4.78, 5) is 10.8. The van der Waals surface area contributed by atoms with Crippen LogP contribution < -0.4 is 14.2 Å². The molecule has 0 aliphatic rings. The zero-order chi connectivity index (χ0) is 18.3. The molecule has 0 aliphatic heterocycles. The van der Waals surface area contributed by atoms with E-state index in [4.69, 9.17) is 14.2 Å². The number of benzene rings is 2. The van der Waals surface area contributed by atoms with Gasteiger partial charge < -0.3 is 14.2 Å². The van der Waals surface area contributed by atoms with Crippen molar-refractivity contribution in [2.24, 2.45) is 0 Å². The summed E-state index contributed by atoms with van der Waals surface area (Å²) in [7, 11) is 1.55. The van der Waals surface area contributed by atoms with Crippen LogP contribution in [-0.2, 0) is 5.41 Å². The van der Waals surface area contributed by atoms with E-state index in [0.29, 0.717) is 30.3 Å². The lowest BCUT2D eigenvalue weighted by molar-refractivity contribution is 0.112. The van der Waals surface area contributed by atoms with Crippen LogP contribution >= 0.6 is 0 Å². The van der Waals surface area contributed by atoms with Crippen molar-refractivity contribution in [2.45, 2.75) is 32.6 Å². The lowest BCUT2D eigenvalue weighted by atomic mass is 9.82. The van der Waals surface area contributed by atoms with Crippen LogP contribution in [0.15, 0.2) is 42.5 Å². The van der Waals surface area contributed by atoms with Crippen molar-refractivity contribution >= 4 is 6.29 Å². The molecular formula is C21H26O4. The molecule has 0 N–H and O–H groups in total. The quantitative estimate of drug-likeness (QED) is 0.491. The van der Waals surface area contributed by atoms with Gasteiger partial charge in [0.15, 0.2) is 11.5 Å². The monoisotopic (exact) mass is 342 g/mol. The average molecular weight is 342 g/mol. The molecule has 0 amide bonds. The molecule has 0 bridgehead atoms. The molecule has 2 aromatic carbocycles. The minimum absolute atomic E-state index is 0.172. The number of hydrogen-bond acceptors (Lipinski definition) is 4. The first-order chi connectivity index (χ1) is 12.0. The topological polar surface area (TPSA) is 44.8 Å². The minimum Gasteiger partial charge on any atom is -0.493 e. The highest BCUT2D eigenvalue weighted by Crippen LogP contribution is 2.29. The fourth-order valence-corrected chi connectivity index (χ4v) is 2.39. The smallest absolute Gasteiger partial charge is 0.161 e. The van der Waals surface area contributed by atoms with Crippen LogP contribution in [0.5, 0.6) is 17.2 Å². The number of carbonyl (C=O) groups is 1. The van der Waals surface area contributed by atoms with Crippen LogP contribution in [0.4, 0.5) is 0 Å². The second-order valence-electron chi connectivity index (χ2n) is 6.49. The van der Waals surface area contributed by atoms with Crippen LogP contribution in [0.25, 0.3) is 0 Å². The molecular weight excluding hydrogens is 316 g/mol. The van der Waals surface area contributed by atoms with E-state index in [2.05, 4.69) is 32.9 Å². The number of aldehydes is 1. The van der Waals surface area contributed by atoms with Crippen LogP contribution in [0.2, 0.25) is 0 Å². The van der Waals surface area contributed by atoms with Gasteiger partial charge in [0.2, 0.25) is 0 Å². The number of methoxy groups -OCH3 is 1. The number of hydrogen-bond donors (Lipinski definition) is 0. The lowest BCUT2D eigenvalue weighted by Gasteiger charge is -2.23. The fraction of sp³-hybridized carbons (Fsp3) is 0.381. The number of rotatable bonds is 9. The van der Waals surface area contributed by atoms with E-state index in [9.17, 15) is 4.79 Å². The second kappa shape index (κ2) is 8.56. The first-order valence-electron chi connectivity index (χ1n) is 8.49. The summed E-state index contributed by atoms with van der Waals surface area (Å²) in [6, 6.07) is 13.3. The summed E-state index contributed by atoms with van der Waals surface area (Å²) in [5, 5.41) is 0. The summed E-state index contributed by atoms with van der Waals surface area (Å²) in [5.41, 5.74) is 2.03. The van der Waals surface area contributed by atoms with Crippen molar-refractivity contribution < 1.29 is 19.0 Å². The Balaban J connectivity index is 1.86. The van der Waals surface area contributed by atoms with Crippen LogP contribution in [-0.4, -0.2) is 26.6 Å². The van der Waals surface area contributed by atoms with Crippen LogP contribution in [0, 0.1) is 0 Å². The largest absolute Gasteiger partial charge is 0.493 e. The van der Waals surface area contributed by atoms with Gasteiger partial charge in [-0.1, -0.05) is 32.9 Å². The van der Waals surface area contributed by atoms with E-state index >= 15 is 0 Å². The molecule has 25 heavy (non-hydrogen) atoms. The fourth-order valence-electron chi connectivity index (χ4n) is 2.39. The molecule has 4 heteroatoms. The van der Waals surface area contributed by atoms with E-state index in [1.807, 2.05) is 12.1 Å². The van der Waals surface area contributed by atoms with Gasteiger partial charge in [-0.05, 0) is 47.7 Å². The summed E-state index contributed by atoms with van der Waals surface area (Å²) >= 11 is 0. The molecule has 0 fully saturated rings. The maximum atomic E-state index is 10.8. The Bertz CT molecular complexity index is 690. The SMILES string of the molecule is CCC(C)(C)c1ccc(OCCOc2ccc(C=O)cc2OC)cc1. The highest BCUT2D eigenvalue weighted by molar-refractivity contribution is 5.76. The summed E-state index contributed by atoms with van der Waals surface area (Å²) in [6.45, 7) is 7.48. The molecule has 2 aromatic rings. The van der Waals surface area contributed by atoms with Gasteiger partial charge in [-0.2, -0.15) is 0 Å². The van der Waals surface area contributed by atoms with Gasteiger partial charge in [-0.25, -0.2) is 0 Å². The highest BCUT2D eigenvalue weighted by Gasteiger charge is 2.17. The molecule has 0 heterocycles. The third kappa shape index (κ3) is 4.99. The Kier molecular flexibility index (Phi) is 6.45. The maximum Gasteiger partial charge on any atom is 0.161 e. The van der Waals surface area contributed by atoms with Crippen molar-refractivity contribution in [3.05, 3.63) is 53.6 Å². The van der Waals surface area contributed by atoms with Crippen molar-refractivity contribution in [1.82, 2.24) is 0 Å². The van der Waals surface area contributed by atoms with Gasteiger partial charge >= 0.3 is 0 Å². The maximum absolute atomic E-state index is 10.8. The van der Waals surface area contributed by atoms with Gasteiger partial charge in [0.25, 0.3) is 0 Å². The molecule has 0 radical (unpaired) electrons. The second-order valence-corrected chi connectivity index (χ2v) is 6.49. The Morgan fingerprint density at radius 2 is 1.64 bits per heavy atom. The minimum atomic E-state index is 0.172. The first kappa shape index (κ1) is 18.8. The zero-order valence-electron chi connectivity index (χ0n) is 15.4. The Morgan fingerprint density at radius 3 is 2.24 bits per heavy atom. The predicted octanol–water partition coefficient (Wildman–Crippen LogP) is 4.65. The molecule has 0 spiro atoms. The van der Waals surface area contributed by atoms with Gasteiger partial charge in [-0.15, -0.1) is 0 Å². The summed E-state index contributed by atoms with van der Waals surface area (Å²) in [5.74, 6) is 1.95. The first-order valence-corrected chi connectivity index (χ1v) is 8.49. The summed E-state index contributed by atoms with van der Waals surface area (Å²) in [6.07, 6.45) is 1.87. The van der Waals surface area contributed by atoms with Crippen LogP contribution in [0.1, 0.15) is 43.1 Å². The Labute approximate surface area is 149 Å². The zero-order valence-corrected chi connectivity index (χ0v) is 15.4. The van der Waals surface area contributed by atoms with Crippen molar-refractivity contribution in [3.8, 4) is 17.2 Å². The van der Waals surface area contributed by atoms with Gasteiger partial charge in [-0.3, -0.25) is 4.79 Å². The molecule has 4 nitrogen and oxygen atoms in total. The average Bonchev–Trinajstić information content (AvgIpc) is 2.65. The third-order valence-corrected chi connectivity index (χ3v) is 4.45. The lowest BCUT2D eigenvalue weighted by Crippen LogP contribution is -2.15. The van der Waals surface area contributed by atoms with Crippen molar-refractivity contribution in [3.63, 3.8) is 0 Å². The molecule has 0 aliphatic carbocycles. The Morgan fingerprint density at radius 1 is 0.960 bits per heavy atom. The highest BCUT2D eigenvalue weighted by atomic mass is 16.5. The van der Waals surface area contributed by atoms with Crippen molar-refractivity contribution in [2.75, 3.05) is 20.3 Å². The van der Waals surface area contributed by atoms with E-state index < -0.39 is 0 Å². The Hall–Kier alpha value is -2.49. The third-order valence-electron chi connectivity index (χ3n) is 4.45. The number of ether oxygens (including phenoxy) is 3. The molecule has 0 aromatic heterocycles. The summed E-state index contributed by atoms with van der Waals surface area (Å²) < 4.78 is 16.6. The molecule has 0 atom stereocenters. The molecule has 2 rings (SSSR count). The van der Waals surface area contributed by atoms with Gasteiger partial charge in [0.1, 0.15) is 25.2 Å². The van der Waals surface area contributed by atoms with Gasteiger partial charge in [0, 0.05) is 5.56 Å². The van der Waals surface area contributed by atoms with E-state index in [1.54, 1.807) is 25.3 Å². The molecule has 134 valence electrons. The molecule has 0 saturated heterocycles. The van der Waals surface area contributed by atoms with Gasteiger partial charge in [0.05, 0.1) is 7.11 Å². The molecule has 0 unspecified atom stereocenters. The predicted molar refractivity (Wildman–Crippen MR) is 99.1 cm³/mol. The normalized spacial score (nSPS) is 11.0. The van der Waals surface area contributed by atoms with Crippen LogP contribution in [0.3, 0.4) is 0 Å². The van der Waals surface area contributed by atoms with E-state index in [1.165, 1.54) is 5.56 Å². The van der Waals surface area contributed by atoms with Crippen molar-refractivity contribution in [1.29, 1.82) is 0 Å². The van der Waals surface area contributed by atoms with E-state index in [0.717, 1.165) is 18.5 Å². The van der Waals surface area contributed by atoms with E-state index in [-0.39, 0.29) is 5.41 Å². The molecule has 0 saturated carbocycles. The standard InChI is InChI=1S/C21H26O4/c1-5-21(2,3)17-7-9-18(10-8-17)24-12-13-25-19-11-6-16(15-22)14-20(19)23-4/h6-11,14-15H,5,12-13H2,1-4H3.